The standard InChI is InChI=1S/C48H84N4O21/c1-5-6-7-8-9-10-11-12-13-14-15-16-17-18-19-20-32(60)52-34-38(62)37(61)28(21-53)68-46(34)72-43-30(23-55)70-48(36(40(43)64)51-27(4)59)73-44-31(24-56)69-47(35(41(44)65)50-26(3)58)71-42-29(22-54)67-45(66)33(39(42)63)49-25(2)57/h12-13,28-31,33-48,53-56,61-66H,5-11,14-24H2,1-4H3,(H,49,57)(H,50,58)(H,51,59)(H,52,60)/b13-12-/t28-,29+,30+,31-,33-,34-,35-,36-,37-,38?,39?,40?,41?,42-,43-,44-,45?,46+,47+,48+/m1/s1. The number of amides is 4. The van der Waals surface area contributed by atoms with Crippen LogP contribution < -0.4 is 21.3 Å². The molecule has 4 rings (SSSR count). The van der Waals surface area contributed by atoms with E-state index in [4.69, 9.17) is 33.2 Å². The lowest BCUT2D eigenvalue weighted by Crippen LogP contribution is -2.71. The van der Waals surface area contributed by atoms with Gasteiger partial charge in [0.05, 0.1) is 26.4 Å². The SMILES string of the molecule is CCCCCCCC/C=C\CCCCCCCC(=O)N[C@@H]1C(O)[C@H](O)[C@@H](CO)O[C@H]1O[C@H]1C(O)[C@@H](NC(C)=O)[C@H](O[C@H]2C(O)[C@@H](NC(C)=O)[C@H](O[C@H]3C(O)[C@@H](NC(C)=O)C(O)O[C@H]3CO)O[C@@H]2CO)O[C@H]1CO. The molecule has 0 aliphatic carbocycles. The van der Waals surface area contributed by atoms with E-state index < -0.39 is 173 Å². The highest BCUT2D eigenvalue weighted by Crippen LogP contribution is 2.34. The quantitative estimate of drug-likeness (QED) is 0.0260. The third kappa shape index (κ3) is 18.3. The first kappa shape index (κ1) is 62.5. The largest absolute Gasteiger partial charge is 0.394 e. The van der Waals surface area contributed by atoms with E-state index in [2.05, 4.69) is 40.3 Å². The molecule has 4 heterocycles. The maximum absolute atomic E-state index is 13.3. The Morgan fingerprint density at radius 2 is 0.795 bits per heavy atom. The van der Waals surface area contributed by atoms with Crippen LogP contribution in [0.5, 0.6) is 0 Å². The van der Waals surface area contributed by atoms with E-state index in [-0.39, 0.29) is 6.42 Å². The molecule has 0 radical (unpaired) electrons. The van der Waals surface area contributed by atoms with Crippen molar-refractivity contribution in [3.05, 3.63) is 12.2 Å². The molecule has 422 valence electrons. The van der Waals surface area contributed by atoms with E-state index in [1.165, 1.54) is 38.5 Å². The summed E-state index contributed by atoms with van der Waals surface area (Å²) in [7, 11) is 0. The molecule has 20 atom stereocenters. The summed E-state index contributed by atoms with van der Waals surface area (Å²) in [5, 5.41) is 119. The van der Waals surface area contributed by atoms with Crippen molar-refractivity contribution in [1.82, 2.24) is 21.3 Å². The van der Waals surface area contributed by atoms with E-state index in [0.717, 1.165) is 59.3 Å². The predicted octanol–water partition coefficient (Wildman–Crippen LogP) is -3.16. The highest BCUT2D eigenvalue weighted by atomic mass is 16.8. The molecule has 4 aliphatic heterocycles. The Labute approximate surface area is 426 Å². The van der Waals surface area contributed by atoms with Crippen LogP contribution in [0.3, 0.4) is 0 Å². The number of hydrogen-bond acceptors (Lipinski definition) is 21. The molecule has 4 aliphatic rings. The van der Waals surface area contributed by atoms with Gasteiger partial charge in [0.2, 0.25) is 23.6 Å². The van der Waals surface area contributed by atoms with E-state index in [1.807, 2.05) is 0 Å². The van der Waals surface area contributed by atoms with Crippen molar-refractivity contribution in [2.24, 2.45) is 0 Å². The fraction of sp³-hybridized carbons (Fsp3) is 0.875. The second kappa shape index (κ2) is 31.9. The number of unbranched alkanes of at least 4 members (excludes halogenated alkanes) is 11. The first-order valence-corrected chi connectivity index (χ1v) is 25.8. The monoisotopic (exact) mass is 1050 g/mol. The molecule has 0 saturated carbocycles. The molecular formula is C48H84N4O21. The van der Waals surface area contributed by atoms with Gasteiger partial charge in [0.15, 0.2) is 25.2 Å². The second-order valence-electron chi connectivity index (χ2n) is 19.3. The molecule has 4 amide bonds. The normalized spacial score (nSPS) is 36.9. The van der Waals surface area contributed by atoms with E-state index in [1.54, 1.807) is 0 Å². The van der Waals surface area contributed by atoms with Crippen molar-refractivity contribution in [3.8, 4) is 0 Å². The van der Waals surface area contributed by atoms with Crippen LogP contribution in [0.25, 0.3) is 0 Å². The number of rotatable bonds is 29. The van der Waals surface area contributed by atoms with Crippen molar-refractivity contribution in [2.75, 3.05) is 26.4 Å². The second-order valence-corrected chi connectivity index (χ2v) is 19.3. The van der Waals surface area contributed by atoms with Gasteiger partial charge in [0, 0.05) is 27.2 Å². The number of allylic oxidation sites excluding steroid dienone is 2. The molecule has 25 nitrogen and oxygen atoms in total. The Kier molecular flexibility index (Phi) is 27.3. The maximum atomic E-state index is 13.3. The van der Waals surface area contributed by atoms with Crippen molar-refractivity contribution in [2.45, 2.75) is 240 Å². The highest BCUT2D eigenvalue weighted by molar-refractivity contribution is 5.76. The van der Waals surface area contributed by atoms with E-state index in [9.17, 15) is 70.2 Å². The number of hydrogen-bond donors (Lipinski definition) is 14. The first-order chi connectivity index (χ1) is 34.9. The molecule has 0 bridgehead atoms. The number of ether oxygens (including phenoxy) is 7. The van der Waals surface area contributed by atoms with Crippen molar-refractivity contribution >= 4 is 23.6 Å². The summed E-state index contributed by atoms with van der Waals surface area (Å²) in [5.74, 6) is -2.66. The third-order valence-corrected chi connectivity index (χ3v) is 13.4. The lowest BCUT2D eigenvalue weighted by Gasteiger charge is -2.51. The van der Waals surface area contributed by atoms with Crippen LogP contribution in [0, 0.1) is 0 Å². The molecule has 0 spiro atoms. The molecule has 4 saturated heterocycles. The molecule has 25 heteroatoms. The summed E-state index contributed by atoms with van der Waals surface area (Å²) >= 11 is 0. The zero-order valence-corrected chi connectivity index (χ0v) is 42.4. The summed E-state index contributed by atoms with van der Waals surface area (Å²) < 4.78 is 41.4. The van der Waals surface area contributed by atoms with Gasteiger partial charge in [-0.15, -0.1) is 0 Å². The number of carbonyl (C=O) groups excluding carboxylic acids is 4. The van der Waals surface area contributed by atoms with Gasteiger partial charge in [0.25, 0.3) is 0 Å². The van der Waals surface area contributed by atoms with Crippen LogP contribution in [0.2, 0.25) is 0 Å². The van der Waals surface area contributed by atoms with Crippen LogP contribution >= 0.6 is 0 Å². The van der Waals surface area contributed by atoms with Crippen LogP contribution in [-0.4, -0.2) is 224 Å². The van der Waals surface area contributed by atoms with Gasteiger partial charge in [-0.2, -0.15) is 0 Å². The minimum atomic E-state index is -1.90. The van der Waals surface area contributed by atoms with Crippen LogP contribution in [0.15, 0.2) is 12.2 Å². The Morgan fingerprint density at radius 3 is 1.22 bits per heavy atom. The fourth-order valence-corrected chi connectivity index (χ4v) is 9.55. The molecule has 0 aromatic rings. The Bertz CT molecular complexity index is 1690. The molecular weight excluding hydrogens is 969 g/mol. The minimum absolute atomic E-state index is 0.0518. The molecule has 14 N–H and O–H groups in total. The Morgan fingerprint density at radius 1 is 0.438 bits per heavy atom. The van der Waals surface area contributed by atoms with Gasteiger partial charge >= 0.3 is 0 Å². The zero-order valence-electron chi connectivity index (χ0n) is 42.4. The van der Waals surface area contributed by atoms with Gasteiger partial charge < -0.3 is 105 Å². The van der Waals surface area contributed by atoms with Gasteiger partial charge in [0.1, 0.15) is 97.4 Å². The van der Waals surface area contributed by atoms with Gasteiger partial charge in [-0.3, -0.25) is 19.2 Å². The number of nitrogens with one attached hydrogen (secondary N) is 4. The predicted molar refractivity (Wildman–Crippen MR) is 254 cm³/mol. The maximum Gasteiger partial charge on any atom is 0.220 e. The number of carbonyl (C=O) groups is 4. The molecule has 73 heavy (non-hydrogen) atoms. The smallest absolute Gasteiger partial charge is 0.220 e. The molecule has 0 aromatic heterocycles. The summed E-state index contributed by atoms with van der Waals surface area (Å²) in [6.45, 7) is 2.04. The van der Waals surface area contributed by atoms with E-state index >= 15 is 0 Å². The zero-order chi connectivity index (χ0) is 53.8. The number of aliphatic hydroxyl groups is 10. The molecule has 0 aromatic carbocycles. The van der Waals surface area contributed by atoms with Gasteiger partial charge in [-0.25, -0.2) is 0 Å². The summed E-state index contributed by atoms with van der Waals surface area (Å²) in [4.78, 5) is 50.3. The van der Waals surface area contributed by atoms with E-state index in [0.29, 0.717) is 6.42 Å². The fourth-order valence-electron chi connectivity index (χ4n) is 9.55. The Hall–Kier alpha value is -3.06. The van der Waals surface area contributed by atoms with Crippen molar-refractivity contribution < 1.29 is 103 Å². The number of aliphatic hydroxyl groups excluding tert-OH is 10. The Balaban J connectivity index is 1.44. The van der Waals surface area contributed by atoms with Crippen LogP contribution in [-0.2, 0) is 52.3 Å². The van der Waals surface area contributed by atoms with Gasteiger partial charge in [-0.05, 0) is 32.1 Å². The summed E-state index contributed by atoms with van der Waals surface area (Å²) in [6.07, 6.45) is -8.64. The van der Waals surface area contributed by atoms with Crippen molar-refractivity contribution in [1.29, 1.82) is 0 Å². The van der Waals surface area contributed by atoms with Gasteiger partial charge in [-0.1, -0.05) is 70.4 Å². The third-order valence-electron chi connectivity index (χ3n) is 13.4. The molecule has 5 unspecified atom stereocenters. The average molecular weight is 1050 g/mol. The first-order valence-electron chi connectivity index (χ1n) is 25.8. The lowest BCUT2D eigenvalue weighted by atomic mass is 9.93. The molecule has 4 fully saturated rings. The minimum Gasteiger partial charge on any atom is -0.394 e. The van der Waals surface area contributed by atoms with Crippen molar-refractivity contribution in [3.63, 3.8) is 0 Å². The summed E-state index contributed by atoms with van der Waals surface area (Å²) in [5.41, 5.74) is 0. The van der Waals surface area contributed by atoms with Crippen LogP contribution in [0.1, 0.15) is 118 Å². The topological polar surface area (TPSA) is 383 Å². The summed E-state index contributed by atoms with van der Waals surface area (Å²) in [6, 6.07) is -6.17. The average Bonchev–Trinajstić information content (AvgIpc) is 3.35. The highest BCUT2D eigenvalue weighted by Gasteiger charge is 2.56. The van der Waals surface area contributed by atoms with Crippen LogP contribution in [0.4, 0.5) is 0 Å². The lowest BCUT2D eigenvalue weighted by molar-refractivity contribution is -0.362.